The number of nitrogens with one attached hydrogen (secondary N) is 1. The molecule has 2 aromatic heterocycles. The van der Waals surface area contributed by atoms with Crippen LogP contribution in [0.2, 0.25) is 0 Å². The summed E-state index contributed by atoms with van der Waals surface area (Å²) in [7, 11) is 0. The van der Waals surface area contributed by atoms with Gasteiger partial charge in [-0.25, -0.2) is 4.98 Å². The van der Waals surface area contributed by atoms with Crippen LogP contribution in [-0.4, -0.2) is 46.3 Å². The van der Waals surface area contributed by atoms with Crippen LogP contribution >= 0.6 is 0 Å². The van der Waals surface area contributed by atoms with Gasteiger partial charge >= 0.3 is 6.43 Å². The summed E-state index contributed by atoms with van der Waals surface area (Å²) in [5.74, 6) is -0.691. The predicted octanol–water partition coefficient (Wildman–Crippen LogP) is 2.58. The third-order valence-electron chi connectivity index (χ3n) is 3.57. The molecule has 0 atom stereocenters. The van der Waals surface area contributed by atoms with E-state index in [1.165, 1.54) is 25.9 Å². The molecule has 1 saturated heterocycles. The van der Waals surface area contributed by atoms with Gasteiger partial charge in [0.2, 0.25) is 0 Å². The van der Waals surface area contributed by atoms with E-state index in [1.807, 2.05) is 6.07 Å². The number of pyridine rings is 1. The standard InChI is InChI=1S/C14H17F2N5O/c15-12(16)14-20-19-13(22-14)11-4-3-10(9-18-11)17-5-8-21-6-1-2-7-21/h3-4,9,12,17H,1-2,5-8H2. The van der Waals surface area contributed by atoms with E-state index in [9.17, 15) is 8.78 Å². The van der Waals surface area contributed by atoms with E-state index < -0.39 is 12.3 Å². The van der Waals surface area contributed by atoms with Crippen molar-refractivity contribution in [2.24, 2.45) is 0 Å². The Morgan fingerprint density at radius 3 is 2.68 bits per heavy atom. The molecule has 6 nitrogen and oxygen atoms in total. The van der Waals surface area contributed by atoms with E-state index in [0.717, 1.165) is 18.8 Å². The first kappa shape index (κ1) is 14.8. The molecule has 1 N–H and O–H groups in total. The van der Waals surface area contributed by atoms with Gasteiger partial charge in [-0.3, -0.25) is 0 Å². The molecule has 3 heterocycles. The Balaban J connectivity index is 1.55. The molecule has 0 aromatic carbocycles. The van der Waals surface area contributed by atoms with Crippen molar-refractivity contribution in [1.29, 1.82) is 0 Å². The molecule has 0 aliphatic carbocycles. The van der Waals surface area contributed by atoms with Crippen LogP contribution in [0.15, 0.2) is 22.7 Å². The number of anilines is 1. The first-order chi connectivity index (χ1) is 10.7. The summed E-state index contributed by atoms with van der Waals surface area (Å²) in [4.78, 5) is 6.57. The van der Waals surface area contributed by atoms with Crippen molar-refractivity contribution in [3.05, 3.63) is 24.2 Å². The Kier molecular flexibility index (Phi) is 4.57. The maximum absolute atomic E-state index is 12.4. The first-order valence-corrected chi connectivity index (χ1v) is 7.26. The maximum Gasteiger partial charge on any atom is 0.314 e. The smallest absolute Gasteiger partial charge is 0.314 e. The molecule has 1 aliphatic heterocycles. The van der Waals surface area contributed by atoms with E-state index in [0.29, 0.717) is 5.69 Å². The van der Waals surface area contributed by atoms with Crippen LogP contribution in [0.4, 0.5) is 14.5 Å². The van der Waals surface area contributed by atoms with Crippen molar-refractivity contribution in [1.82, 2.24) is 20.1 Å². The van der Waals surface area contributed by atoms with Gasteiger partial charge in [-0.15, -0.1) is 10.2 Å². The second-order valence-corrected chi connectivity index (χ2v) is 5.15. The molecule has 0 unspecified atom stereocenters. The molecule has 3 rings (SSSR count). The molecule has 0 saturated carbocycles. The Bertz CT molecular complexity index is 596. The zero-order chi connectivity index (χ0) is 15.4. The minimum Gasteiger partial charge on any atom is -0.414 e. The lowest BCUT2D eigenvalue weighted by atomic mass is 10.3. The normalized spacial score (nSPS) is 15.6. The average Bonchev–Trinajstić information content (AvgIpc) is 3.19. The van der Waals surface area contributed by atoms with E-state index in [2.05, 4.69) is 25.4 Å². The molecule has 0 spiro atoms. The molecular formula is C14H17F2N5O. The van der Waals surface area contributed by atoms with Crippen LogP contribution in [0.3, 0.4) is 0 Å². The van der Waals surface area contributed by atoms with Crippen molar-refractivity contribution < 1.29 is 13.2 Å². The van der Waals surface area contributed by atoms with Gasteiger partial charge in [-0.1, -0.05) is 0 Å². The highest BCUT2D eigenvalue weighted by Gasteiger charge is 2.17. The number of halogens is 2. The molecule has 118 valence electrons. The fraction of sp³-hybridized carbons (Fsp3) is 0.500. The number of likely N-dealkylation sites (tertiary alicyclic amines) is 1. The topological polar surface area (TPSA) is 67.1 Å². The molecule has 0 radical (unpaired) electrons. The van der Waals surface area contributed by atoms with Crippen LogP contribution in [-0.2, 0) is 0 Å². The monoisotopic (exact) mass is 309 g/mol. The van der Waals surface area contributed by atoms with Crippen molar-refractivity contribution in [2.75, 3.05) is 31.5 Å². The van der Waals surface area contributed by atoms with E-state index in [-0.39, 0.29) is 5.89 Å². The molecule has 1 fully saturated rings. The van der Waals surface area contributed by atoms with E-state index >= 15 is 0 Å². The zero-order valence-electron chi connectivity index (χ0n) is 12.0. The fourth-order valence-corrected chi connectivity index (χ4v) is 2.42. The van der Waals surface area contributed by atoms with Crippen LogP contribution in [0.25, 0.3) is 11.6 Å². The second-order valence-electron chi connectivity index (χ2n) is 5.15. The van der Waals surface area contributed by atoms with Gasteiger partial charge in [-0.2, -0.15) is 8.78 Å². The third kappa shape index (κ3) is 3.56. The maximum atomic E-state index is 12.4. The van der Waals surface area contributed by atoms with Gasteiger partial charge in [0.15, 0.2) is 0 Å². The van der Waals surface area contributed by atoms with Crippen LogP contribution in [0, 0.1) is 0 Å². The highest BCUT2D eigenvalue weighted by Crippen LogP contribution is 2.22. The summed E-state index contributed by atoms with van der Waals surface area (Å²) in [6.45, 7) is 4.19. The third-order valence-corrected chi connectivity index (χ3v) is 3.57. The average molecular weight is 309 g/mol. The summed E-state index contributed by atoms with van der Waals surface area (Å²) in [6, 6.07) is 3.49. The number of hydrogen-bond donors (Lipinski definition) is 1. The van der Waals surface area contributed by atoms with Gasteiger partial charge in [0.1, 0.15) is 5.69 Å². The molecule has 22 heavy (non-hydrogen) atoms. The molecule has 1 aliphatic rings. The highest BCUT2D eigenvalue weighted by atomic mass is 19.3. The van der Waals surface area contributed by atoms with E-state index in [1.54, 1.807) is 12.3 Å². The quantitative estimate of drug-likeness (QED) is 0.884. The minimum atomic E-state index is -2.77. The lowest BCUT2D eigenvalue weighted by molar-refractivity contribution is 0.116. The zero-order valence-corrected chi connectivity index (χ0v) is 12.0. The fourth-order valence-electron chi connectivity index (χ4n) is 2.42. The lowest BCUT2D eigenvalue weighted by Crippen LogP contribution is -2.25. The van der Waals surface area contributed by atoms with Gasteiger partial charge in [0.25, 0.3) is 11.8 Å². The van der Waals surface area contributed by atoms with Crippen molar-refractivity contribution in [2.45, 2.75) is 19.3 Å². The Labute approximate surface area is 126 Å². The number of alkyl halides is 2. The van der Waals surface area contributed by atoms with Crippen molar-refractivity contribution in [3.8, 4) is 11.6 Å². The summed E-state index contributed by atoms with van der Waals surface area (Å²) in [6.07, 6.45) is 1.42. The van der Waals surface area contributed by atoms with Crippen LogP contribution in [0.5, 0.6) is 0 Å². The predicted molar refractivity (Wildman–Crippen MR) is 76.6 cm³/mol. The Morgan fingerprint density at radius 2 is 2.05 bits per heavy atom. The number of nitrogens with zero attached hydrogens (tertiary/aromatic N) is 4. The largest absolute Gasteiger partial charge is 0.414 e. The lowest BCUT2D eigenvalue weighted by Gasteiger charge is -2.15. The SMILES string of the molecule is FC(F)c1nnc(-c2ccc(NCCN3CCCC3)cn2)o1. The second kappa shape index (κ2) is 6.78. The van der Waals surface area contributed by atoms with Crippen LogP contribution in [0.1, 0.15) is 25.2 Å². The van der Waals surface area contributed by atoms with Crippen molar-refractivity contribution >= 4 is 5.69 Å². The highest BCUT2D eigenvalue weighted by molar-refractivity contribution is 5.51. The van der Waals surface area contributed by atoms with Gasteiger partial charge < -0.3 is 14.6 Å². The van der Waals surface area contributed by atoms with Crippen LogP contribution < -0.4 is 5.32 Å². The Morgan fingerprint density at radius 1 is 1.23 bits per heavy atom. The van der Waals surface area contributed by atoms with Gasteiger partial charge in [-0.05, 0) is 38.1 Å². The molecule has 0 amide bonds. The van der Waals surface area contributed by atoms with Crippen molar-refractivity contribution in [3.63, 3.8) is 0 Å². The number of hydrogen-bond acceptors (Lipinski definition) is 6. The molecule has 0 bridgehead atoms. The first-order valence-electron chi connectivity index (χ1n) is 7.26. The number of aromatic nitrogens is 3. The molecular weight excluding hydrogens is 292 g/mol. The molecule has 8 heteroatoms. The summed E-state index contributed by atoms with van der Waals surface area (Å²) in [5, 5.41) is 10.1. The van der Waals surface area contributed by atoms with E-state index in [4.69, 9.17) is 4.42 Å². The summed E-state index contributed by atoms with van der Waals surface area (Å²) < 4.78 is 29.7. The molecule has 2 aromatic rings. The Hall–Kier alpha value is -2.09. The number of rotatable bonds is 6. The van der Waals surface area contributed by atoms with Gasteiger partial charge in [0, 0.05) is 13.1 Å². The summed E-state index contributed by atoms with van der Waals surface area (Å²) >= 11 is 0. The van der Waals surface area contributed by atoms with Gasteiger partial charge in [0.05, 0.1) is 11.9 Å². The summed E-state index contributed by atoms with van der Waals surface area (Å²) in [5.41, 5.74) is 1.25. The minimum absolute atomic E-state index is 0.00100.